The highest BCUT2D eigenvalue weighted by molar-refractivity contribution is 6.26. The van der Waals surface area contributed by atoms with Gasteiger partial charge in [0.15, 0.2) is 0 Å². The van der Waals surface area contributed by atoms with Gasteiger partial charge in [-0.1, -0.05) is 413 Å². The molecule has 122 heavy (non-hydrogen) atoms. The van der Waals surface area contributed by atoms with Crippen LogP contribution in [0.3, 0.4) is 0 Å². The summed E-state index contributed by atoms with van der Waals surface area (Å²) in [6.45, 7) is 19.0. The van der Waals surface area contributed by atoms with Crippen molar-refractivity contribution in [3.63, 3.8) is 0 Å². The van der Waals surface area contributed by atoms with Crippen LogP contribution in [-0.4, -0.2) is 0 Å². The van der Waals surface area contributed by atoms with Crippen molar-refractivity contribution in [2.75, 3.05) is 0 Å². The summed E-state index contributed by atoms with van der Waals surface area (Å²) in [7, 11) is 0. The van der Waals surface area contributed by atoms with Gasteiger partial charge in [-0.3, -0.25) is 0 Å². The maximum absolute atomic E-state index is 2.50. The number of hydrogen-bond acceptors (Lipinski definition) is 0. The average Bonchev–Trinajstić information content (AvgIpc) is 1.08. The summed E-state index contributed by atoms with van der Waals surface area (Å²) in [5.41, 5.74) is 44.1. The summed E-state index contributed by atoms with van der Waals surface area (Å²) in [6, 6.07) is 151. The number of hydrogen-bond donors (Lipinski definition) is 0. The zero-order valence-electron chi connectivity index (χ0n) is 70.1. The molecule has 0 heterocycles. The standard InChI is InChI=1S/C62H46.C60H44/c1-61(2)55-23-12-10-19-47(55)49-32-29-44(37-57(49)61)43-30-34-53-54(36-43)60(46-31-33-50-48-20-11-13-24-56(48)62(3,4)58(50)38-46)52-22-9-8-21-51(52)59(53)45-18-14-17-42(35-45)41-27-25-40(26-28-41)39-15-6-5-7-16-39;1-59(2)53-24-14-12-20-44(53)46-29-26-39(35-55(46)59)38-27-31-51-52(34-38)57(40-28-30-47-45-21-13-15-25-54(45)60(3,4)56(47)36-40)48-22-10-11-23-49(48)58(51)50-33-32-41(37-16-6-5-7-17-37)42-18-8-9-19-43(42)50/h5-38H,1-4H3;5-36H,1-4H3. The molecular weight excluding hydrogens is 1470 g/mol. The fourth-order valence-electron chi connectivity index (χ4n) is 22.2. The summed E-state index contributed by atoms with van der Waals surface area (Å²) >= 11 is 0. The normalized spacial score (nSPS) is 14.2. The molecule has 0 fully saturated rings. The first-order valence-electron chi connectivity index (χ1n) is 43.3. The Hall–Kier alpha value is -14.3. The van der Waals surface area contributed by atoms with Gasteiger partial charge in [-0.15, -0.1) is 0 Å². The topological polar surface area (TPSA) is 0 Å². The van der Waals surface area contributed by atoms with Crippen molar-refractivity contribution in [3.05, 3.63) is 445 Å². The van der Waals surface area contributed by atoms with E-state index in [1.807, 2.05) is 0 Å². The zero-order chi connectivity index (χ0) is 82.1. The van der Waals surface area contributed by atoms with Crippen LogP contribution >= 0.6 is 0 Å². The first-order valence-corrected chi connectivity index (χ1v) is 43.3. The number of benzene rings is 20. The van der Waals surface area contributed by atoms with Gasteiger partial charge in [0.1, 0.15) is 0 Å². The lowest BCUT2D eigenvalue weighted by Gasteiger charge is -2.24. The minimum atomic E-state index is -0.104. The van der Waals surface area contributed by atoms with Crippen LogP contribution in [0.2, 0.25) is 0 Å². The van der Waals surface area contributed by atoms with E-state index in [0.717, 1.165) is 0 Å². The van der Waals surface area contributed by atoms with E-state index < -0.39 is 0 Å². The van der Waals surface area contributed by atoms with E-state index >= 15 is 0 Å². The van der Waals surface area contributed by atoms with Gasteiger partial charge < -0.3 is 0 Å². The Kier molecular flexibility index (Phi) is 16.5. The lowest BCUT2D eigenvalue weighted by atomic mass is 9.79. The van der Waals surface area contributed by atoms with Gasteiger partial charge in [-0.25, -0.2) is 0 Å². The molecule has 578 valence electrons. The molecule has 24 rings (SSSR count). The van der Waals surface area contributed by atoms with Gasteiger partial charge in [0, 0.05) is 21.7 Å². The van der Waals surface area contributed by atoms with Crippen LogP contribution in [0.5, 0.6) is 0 Å². The second-order valence-corrected chi connectivity index (χ2v) is 36.4. The predicted octanol–water partition coefficient (Wildman–Crippen LogP) is 33.4. The Bertz CT molecular complexity index is 7770. The van der Waals surface area contributed by atoms with Gasteiger partial charge in [0.25, 0.3) is 0 Å². The van der Waals surface area contributed by atoms with E-state index in [1.165, 1.54) is 243 Å². The molecule has 0 heteroatoms. The third-order valence-corrected chi connectivity index (χ3v) is 28.4. The highest BCUT2D eigenvalue weighted by Gasteiger charge is 2.40. The SMILES string of the molecule is CC1(C)c2ccccc2-c2ccc(-c3ccc4c(-c5ccc(-c6ccccc6)c6ccccc56)c5ccccc5c(-c5ccc6c(c5)C(C)(C)c5ccccc5-6)c4c3)cc21.CC1(C)c2ccccc2-c2ccc(-c3ccc4c(-c5cccc(-c6ccc(-c7ccccc7)cc6)c5)c5ccccc5c(-c5ccc6c(c5)C(C)(C)c5ccccc5-6)c4c3)cc21. The van der Waals surface area contributed by atoms with Crippen molar-refractivity contribution in [2.24, 2.45) is 0 Å². The smallest absolute Gasteiger partial charge is 0.0159 e. The molecule has 20 aromatic rings. The van der Waals surface area contributed by atoms with E-state index in [4.69, 9.17) is 0 Å². The minimum Gasteiger partial charge on any atom is -0.0622 e. The van der Waals surface area contributed by atoms with Crippen LogP contribution in [0, 0.1) is 0 Å². The van der Waals surface area contributed by atoms with Gasteiger partial charge >= 0.3 is 0 Å². The van der Waals surface area contributed by atoms with E-state index in [9.17, 15) is 0 Å². The molecule has 0 spiro atoms. The molecule has 4 aliphatic carbocycles. The van der Waals surface area contributed by atoms with Crippen molar-refractivity contribution in [1.29, 1.82) is 0 Å². The first-order chi connectivity index (χ1) is 59.5. The van der Waals surface area contributed by atoms with Crippen molar-refractivity contribution >= 4 is 53.9 Å². The molecule has 0 atom stereocenters. The largest absolute Gasteiger partial charge is 0.0622 e. The summed E-state index contributed by atoms with van der Waals surface area (Å²) < 4.78 is 0. The molecular formula is C122H90. The first kappa shape index (κ1) is 72.9. The quantitative estimate of drug-likeness (QED) is 0.126. The summed E-state index contributed by atoms with van der Waals surface area (Å²) in [5, 5.41) is 12.7. The summed E-state index contributed by atoms with van der Waals surface area (Å²) in [4.78, 5) is 0. The van der Waals surface area contributed by atoms with E-state index in [-0.39, 0.29) is 21.7 Å². The molecule has 0 radical (unpaired) electrons. The van der Waals surface area contributed by atoms with Gasteiger partial charge in [-0.05, 0) is 285 Å². The third-order valence-electron chi connectivity index (χ3n) is 28.4. The Morgan fingerprint density at radius 1 is 0.115 bits per heavy atom. The van der Waals surface area contributed by atoms with Crippen molar-refractivity contribution in [2.45, 2.75) is 77.0 Å². The average molecular weight is 1560 g/mol. The van der Waals surface area contributed by atoms with Gasteiger partial charge in [0.05, 0.1) is 0 Å². The number of rotatable bonds is 9. The van der Waals surface area contributed by atoms with Crippen LogP contribution < -0.4 is 0 Å². The molecule has 0 saturated carbocycles. The van der Waals surface area contributed by atoms with Crippen LogP contribution in [0.1, 0.15) is 99.9 Å². The van der Waals surface area contributed by atoms with Crippen molar-refractivity contribution < 1.29 is 0 Å². The minimum absolute atomic E-state index is 0.0743. The molecule has 20 aromatic carbocycles. The summed E-state index contributed by atoms with van der Waals surface area (Å²) in [6.07, 6.45) is 0. The van der Waals surface area contributed by atoms with Crippen LogP contribution in [0.4, 0.5) is 0 Å². The fraction of sp³-hybridized carbons (Fsp3) is 0.0984. The maximum atomic E-state index is 2.50. The Balaban J connectivity index is 0.000000142. The molecule has 0 unspecified atom stereocenters. The molecule has 0 N–H and O–H groups in total. The molecule has 0 saturated heterocycles. The number of fused-ring (bicyclic) bond motifs is 17. The molecule has 0 nitrogen and oxygen atoms in total. The third kappa shape index (κ3) is 11.2. The monoisotopic (exact) mass is 1550 g/mol. The molecule has 0 aliphatic heterocycles. The molecule has 0 amide bonds. The van der Waals surface area contributed by atoms with Gasteiger partial charge in [-0.2, -0.15) is 0 Å². The lowest BCUT2D eigenvalue weighted by Crippen LogP contribution is -2.14. The highest BCUT2D eigenvalue weighted by Crippen LogP contribution is 2.58. The second-order valence-electron chi connectivity index (χ2n) is 36.4. The van der Waals surface area contributed by atoms with E-state index in [2.05, 4.69) is 456 Å². The Morgan fingerprint density at radius 3 is 0.770 bits per heavy atom. The lowest BCUT2D eigenvalue weighted by molar-refractivity contribution is 0.660. The molecule has 0 aromatic heterocycles. The van der Waals surface area contributed by atoms with Crippen LogP contribution in [0.25, 0.3) is 199 Å². The van der Waals surface area contributed by atoms with E-state index in [1.54, 1.807) is 0 Å². The molecule has 0 bridgehead atoms. The van der Waals surface area contributed by atoms with Crippen LogP contribution in [-0.2, 0) is 21.7 Å². The van der Waals surface area contributed by atoms with Crippen molar-refractivity contribution in [3.8, 4) is 145 Å². The van der Waals surface area contributed by atoms with Crippen LogP contribution in [0.15, 0.2) is 400 Å². The second kappa shape index (κ2) is 27.6. The Morgan fingerprint density at radius 2 is 0.344 bits per heavy atom. The van der Waals surface area contributed by atoms with Crippen molar-refractivity contribution in [1.82, 2.24) is 0 Å². The van der Waals surface area contributed by atoms with E-state index in [0.29, 0.717) is 0 Å². The maximum Gasteiger partial charge on any atom is 0.0159 e. The molecule has 4 aliphatic rings. The predicted molar refractivity (Wildman–Crippen MR) is 520 cm³/mol. The fourth-order valence-corrected chi connectivity index (χ4v) is 22.2. The zero-order valence-corrected chi connectivity index (χ0v) is 70.1. The Labute approximate surface area is 715 Å². The summed E-state index contributed by atoms with van der Waals surface area (Å²) in [5.74, 6) is 0. The van der Waals surface area contributed by atoms with Gasteiger partial charge in [0.2, 0.25) is 0 Å². The highest BCUT2D eigenvalue weighted by atomic mass is 14.4.